The summed E-state index contributed by atoms with van der Waals surface area (Å²) in [7, 11) is 0. The van der Waals surface area contributed by atoms with Gasteiger partial charge in [0, 0.05) is 4.88 Å². The van der Waals surface area contributed by atoms with Crippen molar-refractivity contribution in [1.82, 2.24) is 25.1 Å². The van der Waals surface area contributed by atoms with E-state index in [0.717, 1.165) is 16.1 Å². The van der Waals surface area contributed by atoms with Gasteiger partial charge in [-0.25, -0.2) is 10.8 Å². The van der Waals surface area contributed by atoms with Crippen molar-refractivity contribution >= 4 is 34.1 Å². The van der Waals surface area contributed by atoms with Crippen LogP contribution in [0.5, 0.6) is 0 Å². The van der Waals surface area contributed by atoms with Crippen LogP contribution in [0.3, 0.4) is 0 Å². The van der Waals surface area contributed by atoms with E-state index < -0.39 is 0 Å². The molecule has 0 aliphatic carbocycles. The molecule has 110 valence electrons. The average molecular weight is 304 g/mol. The highest BCUT2D eigenvalue weighted by atomic mass is 32.1. The average Bonchev–Trinajstić information content (AvgIpc) is 3.04. The van der Waals surface area contributed by atoms with Crippen LogP contribution in [0.25, 0.3) is 11.0 Å². The molecule has 0 aliphatic heterocycles. The maximum atomic E-state index is 5.40. The van der Waals surface area contributed by atoms with E-state index in [1.807, 2.05) is 13.8 Å². The fourth-order valence-corrected chi connectivity index (χ4v) is 3.16. The van der Waals surface area contributed by atoms with Crippen LogP contribution in [0.15, 0.2) is 6.20 Å². The number of anilines is 2. The van der Waals surface area contributed by atoms with Gasteiger partial charge in [-0.05, 0) is 20.8 Å². The second kappa shape index (κ2) is 5.26. The molecule has 9 heteroatoms. The van der Waals surface area contributed by atoms with Crippen LogP contribution < -0.4 is 16.6 Å². The Balaban J connectivity index is 1.97. The first-order valence-corrected chi connectivity index (χ1v) is 7.28. The number of aromatic amines is 1. The molecule has 0 spiro atoms. The van der Waals surface area contributed by atoms with Gasteiger partial charge >= 0.3 is 0 Å². The Morgan fingerprint density at radius 1 is 1.29 bits per heavy atom. The first-order valence-electron chi connectivity index (χ1n) is 6.46. The third-order valence-corrected chi connectivity index (χ3v) is 4.38. The lowest BCUT2D eigenvalue weighted by Crippen LogP contribution is -2.13. The molecular weight excluding hydrogens is 288 g/mol. The molecule has 1 unspecified atom stereocenters. The lowest BCUT2D eigenvalue weighted by Gasteiger charge is -2.14. The number of hydrogen-bond acceptors (Lipinski definition) is 8. The molecule has 0 saturated carbocycles. The predicted molar refractivity (Wildman–Crippen MR) is 83.1 cm³/mol. The standard InChI is InChI=1S/C12H16N8S/c1-5-9(21-7(3)15-5)6(2)16-10-8-4-14-20-11(8)18-12(17-10)19-13/h4,6H,13H2,1-3H3,(H3,14,16,17,18,19,20). The Kier molecular flexibility index (Phi) is 3.43. The van der Waals surface area contributed by atoms with Gasteiger partial charge in [-0.3, -0.25) is 10.5 Å². The van der Waals surface area contributed by atoms with E-state index in [2.05, 4.69) is 42.8 Å². The van der Waals surface area contributed by atoms with E-state index in [-0.39, 0.29) is 6.04 Å². The number of nitrogens with one attached hydrogen (secondary N) is 3. The molecule has 0 fully saturated rings. The number of aromatic nitrogens is 5. The number of hydrogen-bond donors (Lipinski definition) is 4. The Bertz CT molecular complexity index is 777. The summed E-state index contributed by atoms with van der Waals surface area (Å²) < 4.78 is 0. The SMILES string of the molecule is Cc1nc(C)c(C(C)Nc2nc(NN)nc3[nH]ncc23)s1. The molecule has 0 radical (unpaired) electrons. The number of rotatable bonds is 4. The molecule has 3 heterocycles. The second-order valence-electron chi connectivity index (χ2n) is 4.72. The topological polar surface area (TPSA) is 117 Å². The zero-order valence-electron chi connectivity index (χ0n) is 11.9. The highest BCUT2D eigenvalue weighted by Gasteiger charge is 2.16. The van der Waals surface area contributed by atoms with Gasteiger partial charge in [-0.2, -0.15) is 15.1 Å². The lowest BCUT2D eigenvalue weighted by atomic mass is 10.2. The summed E-state index contributed by atoms with van der Waals surface area (Å²) in [5.41, 5.74) is 4.12. The fraction of sp³-hybridized carbons (Fsp3) is 0.333. The Labute approximate surface area is 125 Å². The van der Waals surface area contributed by atoms with Crippen molar-refractivity contribution in [3.63, 3.8) is 0 Å². The highest BCUT2D eigenvalue weighted by molar-refractivity contribution is 7.11. The quantitative estimate of drug-likeness (QED) is 0.429. The molecule has 0 aromatic carbocycles. The van der Waals surface area contributed by atoms with Gasteiger partial charge in [0.2, 0.25) is 5.95 Å². The largest absolute Gasteiger partial charge is 0.362 e. The number of hydrazine groups is 1. The lowest BCUT2D eigenvalue weighted by molar-refractivity contribution is 0.881. The minimum absolute atomic E-state index is 0.0785. The predicted octanol–water partition coefficient (Wildman–Crippen LogP) is 1.88. The van der Waals surface area contributed by atoms with Crippen molar-refractivity contribution in [2.75, 3.05) is 10.7 Å². The first-order chi connectivity index (χ1) is 10.1. The molecule has 5 N–H and O–H groups in total. The van der Waals surface area contributed by atoms with Crippen LogP contribution in [0.2, 0.25) is 0 Å². The summed E-state index contributed by atoms with van der Waals surface area (Å²) in [5, 5.41) is 12.1. The number of thiazole rings is 1. The third kappa shape index (κ3) is 2.52. The second-order valence-corrected chi connectivity index (χ2v) is 5.96. The maximum absolute atomic E-state index is 5.40. The van der Waals surface area contributed by atoms with Crippen molar-refractivity contribution < 1.29 is 0 Å². The van der Waals surface area contributed by atoms with Gasteiger partial charge in [0.05, 0.1) is 28.3 Å². The summed E-state index contributed by atoms with van der Waals surface area (Å²) in [6, 6.07) is 0.0785. The van der Waals surface area contributed by atoms with E-state index in [9.17, 15) is 0 Å². The number of H-pyrrole nitrogens is 1. The number of fused-ring (bicyclic) bond motifs is 1. The minimum atomic E-state index is 0.0785. The van der Waals surface area contributed by atoms with Gasteiger partial charge < -0.3 is 5.32 Å². The minimum Gasteiger partial charge on any atom is -0.362 e. The molecule has 0 aliphatic rings. The fourth-order valence-electron chi connectivity index (χ4n) is 2.23. The summed E-state index contributed by atoms with van der Waals surface area (Å²) in [5.74, 6) is 6.42. The molecule has 0 saturated heterocycles. The molecule has 1 atom stereocenters. The van der Waals surface area contributed by atoms with Crippen molar-refractivity contribution in [1.29, 1.82) is 0 Å². The van der Waals surface area contributed by atoms with E-state index in [1.54, 1.807) is 17.5 Å². The van der Waals surface area contributed by atoms with Gasteiger partial charge in [0.1, 0.15) is 5.82 Å². The molecular formula is C12H16N8S. The van der Waals surface area contributed by atoms with Gasteiger partial charge in [-0.1, -0.05) is 0 Å². The smallest absolute Gasteiger partial charge is 0.241 e. The Morgan fingerprint density at radius 3 is 2.76 bits per heavy atom. The van der Waals surface area contributed by atoms with Crippen molar-refractivity contribution in [2.45, 2.75) is 26.8 Å². The van der Waals surface area contributed by atoms with Crippen LogP contribution in [0, 0.1) is 13.8 Å². The van der Waals surface area contributed by atoms with Crippen LogP contribution in [-0.4, -0.2) is 25.1 Å². The summed E-state index contributed by atoms with van der Waals surface area (Å²) in [4.78, 5) is 14.2. The number of aryl methyl sites for hydroxylation is 2. The van der Waals surface area contributed by atoms with E-state index in [4.69, 9.17) is 5.84 Å². The number of nitrogen functional groups attached to an aromatic ring is 1. The Hall–Kier alpha value is -2.26. The molecule has 0 amide bonds. The zero-order chi connectivity index (χ0) is 15.0. The molecule has 0 bridgehead atoms. The van der Waals surface area contributed by atoms with E-state index in [0.29, 0.717) is 17.4 Å². The molecule has 3 aromatic heterocycles. The molecule has 3 rings (SSSR count). The van der Waals surface area contributed by atoms with Gasteiger partial charge in [-0.15, -0.1) is 11.3 Å². The number of nitrogens with two attached hydrogens (primary N) is 1. The van der Waals surface area contributed by atoms with Crippen molar-refractivity contribution in [2.24, 2.45) is 5.84 Å². The van der Waals surface area contributed by atoms with Crippen molar-refractivity contribution in [3.8, 4) is 0 Å². The highest BCUT2D eigenvalue weighted by Crippen LogP contribution is 2.29. The monoisotopic (exact) mass is 304 g/mol. The van der Waals surface area contributed by atoms with E-state index >= 15 is 0 Å². The van der Waals surface area contributed by atoms with Crippen LogP contribution in [0.4, 0.5) is 11.8 Å². The van der Waals surface area contributed by atoms with Gasteiger partial charge in [0.25, 0.3) is 0 Å². The molecule has 21 heavy (non-hydrogen) atoms. The molecule has 8 nitrogen and oxygen atoms in total. The Morgan fingerprint density at radius 2 is 2.10 bits per heavy atom. The van der Waals surface area contributed by atoms with Crippen molar-refractivity contribution in [3.05, 3.63) is 21.8 Å². The summed E-state index contributed by atoms with van der Waals surface area (Å²) >= 11 is 1.68. The summed E-state index contributed by atoms with van der Waals surface area (Å²) in [6.45, 7) is 6.09. The van der Waals surface area contributed by atoms with Gasteiger partial charge in [0.15, 0.2) is 5.65 Å². The normalized spacial score (nSPS) is 12.6. The molecule has 3 aromatic rings. The van der Waals surface area contributed by atoms with Crippen LogP contribution >= 0.6 is 11.3 Å². The maximum Gasteiger partial charge on any atom is 0.241 e. The first kappa shape index (κ1) is 13.7. The van der Waals surface area contributed by atoms with Crippen LogP contribution in [0.1, 0.15) is 28.5 Å². The summed E-state index contributed by atoms with van der Waals surface area (Å²) in [6.07, 6.45) is 1.69. The van der Waals surface area contributed by atoms with Crippen LogP contribution in [-0.2, 0) is 0 Å². The third-order valence-electron chi connectivity index (χ3n) is 3.12. The zero-order valence-corrected chi connectivity index (χ0v) is 12.7. The number of nitrogens with zero attached hydrogens (tertiary/aromatic N) is 4. The van der Waals surface area contributed by atoms with E-state index in [1.165, 1.54) is 4.88 Å².